The van der Waals surface area contributed by atoms with Crippen molar-refractivity contribution in [2.75, 3.05) is 11.3 Å². The van der Waals surface area contributed by atoms with Crippen molar-refractivity contribution < 1.29 is 13.2 Å². The Morgan fingerprint density at radius 2 is 1.88 bits per heavy atom. The number of aliphatic imine (C=N–C) groups is 1. The molecular formula is C17H17Cl2N3O3S. The van der Waals surface area contributed by atoms with Crippen LogP contribution in [0.2, 0.25) is 10.0 Å². The molecular weight excluding hydrogens is 397 g/mol. The monoisotopic (exact) mass is 413 g/mol. The van der Waals surface area contributed by atoms with E-state index < -0.39 is 10.0 Å². The van der Waals surface area contributed by atoms with Crippen LogP contribution in [0.25, 0.3) is 0 Å². The molecule has 1 heterocycles. The first-order valence-electron chi connectivity index (χ1n) is 7.86. The number of benzene rings is 2. The molecule has 138 valence electrons. The molecule has 0 aromatic heterocycles. The number of anilines is 1. The zero-order chi connectivity index (χ0) is 18.7. The Bertz CT molecular complexity index is 931. The molecule has 0 spiro atoms. The molecule has 2 aromatic rings. The zero-order valence-corrected chi connectivity index (χ0v) is 16.0. The summed E-state index contributed by atoms with van der Waals surface area (Å²) in [5.41, 5.74) is 7.02. The number of sulfonamides is 1. The van der Waals surface area contributed by atoms with Crippen molar-refractivity contribution in [1.82, 2.24) is 0 Å². The maximum atomic E-state index is 12.4. The predicted octanol–water partition coefficient (Wildman–Crippen LogP) is 3.44. The molecule has 0 bridgehead atoms. The second-order valence-electron chi connectivity index (χ2n) is 5.85. The lowest BCUT2D eigenvalue weighted by Gasteiger charge is -2.10. The molecule has 0 amide bonds. The summed E-state index contributed by atoms with van der Waals surface area (Å²) in [5, 5.41) is 0.484. The third-order valence-electron chi connectivity index (χ3n) is 3.91. The normalized spacial score (nSPS) is 16.8. The molecule has 26 heavy (non-hydrogen) atoms. The number of hydrogen-bond donors (Lipinski definition) is 2. The minimum Gasteiger partial charge on any atom is -0.463 e. The summed E-state index contributed by atoms with van der Waals surface area (Å²) < 4.78 is 32.5. The van der Waals surface area contributed by atoms with Crippen molar-refractivity contribution in [3.8, 4) is 0 Å². The van der Waals surface area contributed by atoms with E-state index in [9.17, 15) is 8.42 Å². The smallest absolute Gasteiger partial charge is 0.282 e. The van der Waals surface area contributed by atoms with E-state index in [-0.39, 0.29) is 22.0 Å². The van der Waals surface area contributed by atoms with E-state index in [1.54, 1.807) is 12.1 Å². The van der Waals surface area contributed by atoms with Crippen LogP contribution < -0.4 is 10.5 Å². The van der Waals surface area contributed by atoms with Crippen LogP contribution in [0, 0.1) is 0 Å². The van der Waals surface area contributed by atoms with E-state index in [0.717, 1.165) is 18.4 Å². The van der Waals surface area contributed by atoms with Gasteiger partial charge in [-0.1, -0.05) is 35.3 Å². The number of ether oxygens (including phenoxy) is 1. The van der Waals surface area contributed by atoms with E-state index in [1.165, 1.54) is 18.2 Å². The minimum atomic E-state index is -3.74. The molecule has 3 N–H and O–H groups in total. The van der Waals surface area contributed by atoms with Crippen molar-refractivity contribution in [1.29, 1.82) is 0 Å². The van der Waals surface area contributed by atoms with E-state index in [0.29, 0.717) is 17.3 Å². The highest BCUT2D eigenvalue weighted by atomic mass is 35.5. The molecule has 0 aliphatic carbocycles. The SMILES string of the molecule is NC1=NC(CCc2ccc(NS(=O)(=O)c3ccc(Cl)c(Cl)c3)cc2)CO1. The van der Waals surface area contributed by atoms with Gasteiger partial charge in [0.2, 0.25) is 0 Å². The van der Waals surface area contributed by atoms with Gasteiger partial charge in [0.15, 0.2) is 0 Å². The predicted molar refractivity (Wildman–Crippen MR) is 103 cm³/mol. The van der Waals surface area contributed by atoms with Gasteiger partial charge in [0.25, 0.3) is 16.0 Å². The van der Waals surface area contributed by atoms with Crippen LogP contribution in [-0.2, 0) is 21.2 Å². The fourth-order valence-corrected chi connectivity index (χ4v) is 3.96. The van der Waals surface area contributed by atoms with Crippen LogP contribution in [0.3, 0.4) is 0 Å². The van der Waals surface area contributed by atoms with Gasteiger partial charge in [-0.15, -0.1) is 0 Å². The largest absolute Gasteiger partial charge is 0.463 e. The lowest BCUT2D eigenvalue weighted by molar-refractivity contribution is 0.308. The summed E-state index contributed by atoms with van der Waals surface area (Å²) >= 11 is 11.7. The van der Waals surface area contributed by atoms with Gasteiger partial charge in [0, 0.05) is 5.69 Å². The second-order valence-corrected chi connectivity index (χ2v) is 8.35. The standard InChI is InChI=1S/C17H17Cl2N3O3S/c18-15-8-7-14(9-16(15)19)26(23,24)22-12-4-1-11(2-5-12)3-6-13-10-25-17(20)21-13/h1-2,4-5,7-9,13,22H,3,6,10H2,(H2,20,21). The molecule has 3 rings (SSSR count). The number of nitrogens with zero attached hydrogens (tertiary/aromatic N) is 1. The maximum absolute atomic E-state index is 12.4. The van der Waals surface area contributed by atoms with Crippen molar-refractivity contribution in [2.24, 2.45) is 10.7 Å². The molecule has 0 fully saturated rings. The van der Waals surface area contributed by atoms with E-state index in [1.807, 2.05) is 12.1 Å². The molecule has 1 unspecified atom stereocenters. The highest BCUT2D eigenvalue weighted by molar-refractivity contribution is 7.92. The van der Waals surface area contributed by atoms with Crippen molar-refractivity contribution in [2.45, 2.75) is 23.8 Å². The van der Waals surface area contributed by atoms with Gasteiger partial charge in [-0.2, -0.15) is 0 Å². The molecule has 6 nitrogen and oxygen atoms in total. The summed E-state index contributed by atoms with van der Waals surface area (Å²) in [5.74, 6) is 0. The van der Waals surface area contributed by atoms with Crippen LogP contribution in [0.15, 0.2) is 52.4 Å². The van der Waals surface area contributed by atoms with Crippen LogP contribution in [0.1, 0.15) is 12.0 Å². The van der Waals surface area contributed by atoms with Gasteiger partial charge in [-0.25, -0.2) is 13.4 Å². The molecule has 1 aliphatic heterocycles. The molecule has 0 radical (unpaired) electrons. The Kier molecular flexibility index (Phi) is 5.60. The number of amidine groups is 1. The lowest BCUT2D eigenvalue weighted by Crippen LogP contribution is -2.13. The van der Waals surface area contributed by atoms with Gasteiger partial charge in [-0.05, 0) is 48.7 Å². The van der Waals surface area contributed by atoms with Crippen molar-refractivity contribution in [3.63, 3.8) is 0 Å². The molecule has 9 heteroatoms. The first kappa shape index (κ1) is 18.8. The maximum Gasteiger partial charge on any atom is 0.282 e. The van der Waals surface area contributed by atoms with Gasteiger partial charge in [-0.3, -0.25) is 4.72 Å². The second kappa shape index (κ2) is 7.73. The number of rotatable bonds is 6. The Balaban J connectivity index is 1.63. The summed E-state index contributed by atoms with van der Waals surface area (Å²) in [6.07, 6.45) is 1.61. The number of aryl methyl sites for hydroxylation is 1. The Hall–Kier alpha value is -1.96. The topological polar surface area (TPSA) is 93.8 Å². The first-order valence-corrected chi connectivity index (χ1v) is 10.1. The third kappa shape index (κ3) is 4.60. The van der Waals surface area contributed by atoms with Gasteiger partial charge < -0.3 is 10.5 Å². The highest BCUT2D eigenvalue weighted by Gasteiger charge is 2.17. The quantitative estimate of drug-likeness (QED) is 0.757. The minimum absolute atomic E-state index is 0.0488. The van der Waals surface area contributed by atoms with Crippen molar-refractivity contribution in [3.05, 3.63) is 58.1 Å². The van der Waals surface area contributed by atoms with Gasteiger partial charge in [0.1, 0.15) is 6.61 Å². The van der Waals surface area contributed by atoms with Crippen LogP contribution in [0.4, 0.5) is 5.69 Å². The highest BCUT2D eigenvalue weighted by Crippen LogP contribution is 2.26. The summed E-state index contributed by atoms with van der Waals surface area (Å²) in [7, 11) is -3.74. The molecule has 1 atom stereocenters. The Labute approximate surface area is 162 Å². The van der Waals surface area contributed by atoms with E-state index in [2.05, 4.69) is 9.71 Å². The molecule has 0 saturated carbocycles. The average Bonchev–Trinajstić information content (AvgIpc) is 3.02. The van der Waals surface area contributed by atoms with Gasteiger partial charge >= 0.3 is 0 Å². The number of nitrogens with one attached hydrogen (secondary N) is 1. The number of nitrogens with two attached hydrogens (primary N) is 1. The van der Waals surface area contributed by atoms with Crippen LogP contribution in [0.5, 0.6) is 0 Å². The molecule has 1 aliphatic rings. The van der Waals surface area contributed by atoms with Crippen LogP contribution in [-0.4, -0.2) is 27.1 Å². The van der Waals surface area contributed by atoms with E-state index in [4.69, 9.17) is 33.7 Å². The third-order valence-corrected chi connectivity index (χ3v) is 6.03. The molecule has 2 aromatic carbocycles. The number of halogens is 2. The van der Waals surface area contributed by atoms with Crippen LogP contribution >= 0.6 is 23.2 Å². The number of hydrogen-bond acceptors (Lipinski definition) is 5. The average molecular weight is 414 g/mol. The summed E-state index contributed by atoms with van der Waals surface area (Å²) in [6.45, 7) is 0.507. The Morgan fingerprint density at radius 1 is 1.15 bits per heavy atom. The lowest BCUT2D eigenvalue weighted by atomic mass is 10.1. The molecule has 0 saturated heterocycles. The fourth-order valence-electron chi connectivity index (χ4n) is 2.51. The Morgan fingerprint density at radius 3 is 2.50 bits per heavy atom. The van der Waals surface area contributed by atoms with Gasteiger partial charge in [0.05, 0.1) is 21.0 Å². The fraction of sp³-hybridized carbons (Fsp3) is 0.235. The summed E-state index contributed by atoms with van der Waals surface area (Å²) in [4.78, 5) is 4.23. The first-order chi connectivity index (χ1) is 12.3. The zero-order valence-electron chi connectivity index (χ0n) is 13.7. The van der Waals surface area contributed by atoms with Crippen molar-refractivity contribution >= 4 is 44.9 Å². The summed E-state index contributed by atoms with van der Waals surface area (Å²) in [6, 6.07) is 11.6. The van der Waals surface area contributed by atoms with E-state index >= 15 is 0 Å².